The Morgan fingerprint density at radius 2 is 1.50 bits per heavy atom. The molecule has 0 atom stereocenters. The van der Waals surface area contributed by atoms with Crippen molar-refractivity contribution in [3.8, 4) is 0 Å². The summed E-state index contributed by atoms with van der Waals surface area (Å²) in [7, 11) is 0. The minimum atomic E-state index is 0. The van der Waals surface area contributed by atoms with Gasteiger partial charge in [-0.15, -0.1) is 0 Å². The third-order valence-electron chi connectivity index (χ3n) is 0.655. The largest absolute Gasteiger partial charge is 3.00 e. The van der Waals surface area contributed by atoms with Crippen molar-refractivity contribution in [2.75, 3.05) is 0 Å². The molecule has 0 amide bonds. The van der Waals surface area contributed by atoms with Gasteiger partial charge in [0, 0.05) is 0 Å². The van der Waals surface area contributed by atoms with E-state index in [9.17, 15) is 0 Å². The van der Waals surface area contributed by atoms with E-state index in [0.29, 0.717) is 0 Å². The first-order valence-corrected chi connectivity index (χ1v) is 1.82. The molecule has 0 spiro atoms. The van der Waals surface area contributed by atoms with E-state index in [1.165, 1.54) is 0 Å². The number of hydrogen-bond acceptors (Lipinski definition) is 0. The molecule has 0 unspecified atom stereocenters. The number of rotatable bonds is 0. The van der Waals surface area contributed by atoms with Crippen LogP contribution in [0.1, 0.15) is 6.42 Å². The maximum Gasteiger partial charge on any atom is 3.00 e. The summed E-state index contributed by atoms with van der Waals surface area (Å²) < 4.78 is 0. The van der Waals surface area contributed by atoms with Gasteiger partial charge in [-0.25, -0.2) is 0 Å². The van der Waals surface area contributed by atoms with E-state index in [-0.39, 0.29) is 17.4 Å². The Bertz CT molecular complexity index is 62.0. The normalized spacial score (nSPS) is 14.7. The van der Waals surface area contributed by atoms with Crippen molar-refractivity contribution >= 4 is 17.4 Å². The smallest absolute Gasteiger partial charge is 0.0808 e. The van der Waals surface area contributed by atoms with Crippen LogP contribution in [0, 0.1) is 0 Å². The topological polar surface area (TPSA) is 0 Å². The van der Waals surface area contributed by atoms with Crippen LogP contribution in [0.5, 0.6) is 0 Å². The third kappa shape index (κ3) is 1.45. The molecule has 0 saturated carbocycles. The van der Waals surface area contributed by atoms with Crippen LogP contribution in [0.4, 0.5) is 0 Å². The van der Waals surface area contributed by atoms with Crippen molar-refractivity contribution < 1.29 is 0 Å². The van der Waals surface area contributed by atoms with Crippen LogP contribution in [-0.4, -0.2) is 17.4 Å². The number of hydrogen-bond donors (Lipinski definition) is 0. The molecule has 26 valence electrons. The predicted octanol–water partition coefficient (Wildman–Crippen LogP) is 1.12. The molecular weight excluding hydrogens is 87.0 g/mol. The summed E-state index contributed by atoms with van der Waals surface area (Å²) >= 11 is 0. The van der Waals surface area contributed by atoms with Crippen LogP contribution in [0.3, 0.4) is 0 Å². The summed E-state index contributed by atoms with van der Waals surface area (Å²) in [6, 6.07) is 0. The molecule has 0 bridgehead atoms. The molecule has 0 aromatic carbocycles. The van der Waals surface area contributed by atoms with Gasteiger partial charge in [0.25, 0.3) is 0 Å². The fourth-order valence-corrected chi connectivity index (χ4v) is 0.393. The van der Waals surface area contributed by atoms with Crippen molar-refractivity contribution in [2.45, 2.75) is 6.42 Å². The van der Waals surface area contributed by atoms with E-state index in [4.69, 9.17) is 0 Å². The number of allylic oxidation sites excluding steroid dienone is 4. The van der Waals surface area contributed by atoms with Crippen LogP contribution in [0.25, 0.3) is 0 Å². The van der Waals surface area contributed by atoms with E-state index in [2.05, 4.69) is 24.3 Å². The Kier molecular flexibility index (Phi) is 3.22. The molecule has 0 heterocycles. The van der Waals surface area contributed by atoms with Gasteiger partial charge in [-0.3, -0.25) is 0 Å². The second-order valence-corrected chi connectivity index (χ2v) is 1.09. The SMILES string of the molecule is C1=CCC=C1.[Al+3]. The molecule has 1 heteroatoms. The summed E-state index contributed by atoms with van der Waals surface area (Å²) in [5, 5.41) is 0. The summed E-state index contributed by atoms with van der Waals surface area (Å²) in [5.41, 5.74) is 0. The first-order valence-electron chi connectivity index (χ1n) is 1.82. The van der Waals surface area contributed by atoms with Crippen molar-refractivity contribution in [2.24, 2.45) is 0 Å². The van der Waals surface area contributed by atoms with Gasteiger partial charge in [0.05, 0.1) is 0 Å². The zero-order valence-corrected chi connectivity index (χ0v) is 4.75. The first-order chi connectivity index (χ1) is 2.50. The Hall–Kier alpha value is 0.0125. The van der Waals surface area contributed by atoms with Crippen LogP contribution >= 0.6 is 0 Å². The molecule has 0 fully saturated rings. The van der Waals surface area contributed by atoms with Gasteiger partial charge >= 0.3 is 17.4 Å². The van der Waals surface area contributed by atoms with Gasteiger partial charge in [-0.1, -0.05) is 24.3 Å². The minimum Gasteiger partial charge on any atom is -0.0808 e. The van der Waals surface area contributed by atoms with Crippen LogP contribution < -0.4 is 0 Å². The Morgan fingerprint density at radius 3 is 1.67 bits per heavy atom. The second-order valence-electron chi connectivity index (χ2n) is 1.09. The van der Waals surface area contributed by atoms with Crippen LogP contribution in [0.2, 0.25) is 0 Å². The average Bonchev–Trinajstić information content (AvgIpc) is 1.76. The van der Waals surface area contributed by atoms with Crippen molar-refractivity contribution in [1.29, 1.82) is 0 Å². The molecule has 0 aromatic heterocycles. The molecule has 0 saturated heterocycles. The van der Waals surface area contributed by atoms with Gasteiger partial charge in [-0.2, -0.15) is 0 Å². The van der Waals surface area contributed by atoms with Gasteiger partial charge in [0.2, 0.25) is 0 Å². The molecule has 0 radical (unpaired) electrons. The van der Waals surface area contributed by atoms with Crippen LogP contribution in [-0.2, 0) is 0 Å². The van der Waals surface area contributed by atoms with Gasteiger partial charge in [0.1, 0.15) is 0 Å². The predicted molar refractivity (Wildman–Crippen MR) is 28.7 cm³/mol. The molecule has 0 aliphatic heterocycles. The van der Waals surface area contributed by atoms with Crippen molar-refractivity contribution in [3.63, 3.8) is 0 Å². The fourth-order valence-electron chi connectivity index (χ4n) is 0.393. The van der Waals surface area contributed by atoms with Gasteiger partial charge in [-0.05, 0) is 6.42 Å². The monoisotopic (exact) mass is 93.0 g/mol. The zero-order chi connectivity index (χ0) is 3.54. The quantitative estimate of drug-likeness (QED) is 0.394. The standard InChI is InChI=1S/C5H6.Al/c1-2-4-5-3-1;/h1-4H,5H2;/q;+3. The molecule has 1 aliphatic rings. The van der Waals surface area contributed by atoms with Crippen LogP contribution in [0.15, 0.2) is 24.3 Å². The second kappa shape index (κ2) is 3.21. The van der Waals surface area contributed by atoms with E-state index in [1.807, 2.05) is 0 Å². The molecule has 0 N–H and O–H groups in total. The van der Waals surface area contributed by atoms with E-state index < -0.39 is 0 Å². The summed E-state index contributed by atoms with van der Waals surface area (Å²) in [6.07, 6.45) is 9.50. The first kappa shape index (κ1) is 6.01. The average molecular weight is 93.1 g/mol. The van der Waals surface area contributed by atoms with E-state index in [0.717, 1.165) is 6.42 Å². The van der Waals surface area contributed by atoms with Crippen molar-refractivity contribution in [1.82, 2.24) is 0 Å². The zero-order valence-electron chi connectivity index (χ0n) is 3.59. The van der Waals surface area contributed by atoms with Gasteiger partial charge in [0.15, 0.2) is 0 Å². The Morgan fingerprint density at radius 1 is 1.00 bits per heavy atom. The maximum absolute atomic E-state index is 2.12. The Labute approximate surface area is 48.7 Å². The summed E-state index contributed by atoms with van der Waals surface area (Å²) in [4.78, 5) is 0. The van der Waals surface area contributed by atoms with E-state index in [1.54, 1.807) is 0 Å². The molecule has 1 rings (SSSR count). The van der Waals surface area contributed by atoms with Gasteiger partial charge < -0.3 is 0 Å². The fraction of sp³-hybridized carbons (Fsp3) is 0.200. The molecule has 6 heavy (non-hydrogen) atoms. The third-order valence-corrected chi connectivity index (χ3v) is 0.655. The summed E-state index contributed by atoms with van der Waals surface area (Å²) in [5.74, 6) is 0. The minimum absolute atomic E-state index is 0. The molecular formula is C5H6Al+3. The molecule has 0 aromatic rings. The maximum atomic E-state index is 2.12. The van der Waals surface area contributed by atoms with Crippen molar-refractivity contribution in [3.05, 3.63) is 24.3 Å². The summed E-state index contributed by atoms with van der Waals surface area (Å²) in [6.45, 7) is 0. The molecule has 0 nitrogen and oxygen atoms in total. The van der Waals surface area contributed by atoms with E-state index >= 15 is 0 Å². The Balaban J connectivity index is 0.000000250. The molecule has 1 aliphatic carbocycles.